The van der Waals surface area contributed by atoms with E-state index >= 15 is 0 Å². The second kappa shape index (κ2) is 4.33. The summed E-state index contributed by atoms with van der Waals surface area (Å²) in [5.41, 5.74) is -0.548. The molecule has 0 N–H and O–H groups in total. The van der Waals surface area contributed by atoms with Crippen LogP contribution in [0.25, 0.3) is 0 Å². The van der Waals surface area contributed by atoms with E-state index in [1.807, 2.05) is 0 Å². The maximum atomic E-state index is 13.1. The third-order valence-electron chi connectivity index (χ3n) is 1.79. The predicted octanol–water partition coefficient (Wildman–Crippen LogP) is 1.30. The van der Waals surface area contributed by atoms with Crippen LogP contribution in [0.2, 0.25) is 0 Å². The lowest BCUT2D eigenvalue weighted by molar-refractivity contribution is 0.0599. The van der Waals surface area contributed by atoms with E-state index in [1.54, 1.807) is 6.07 Å². The molecule has 4 nitrogen and oxygen atoms in total. The van der Waals surface area contributed by atoms with Gasteiger partial charge in [0.2, 0.25) is 0 Å². The number of halogens is 1. The molecule has 1 aromatic carbocycles. The lowest BCUT2D eigenvalue weighted by Crippen LogP contribution is -2.06. The second-order valence-electron chi connectivity index (χ2n) is 2.64. The predicted molar refractivity (Wildman–Crippen MR) is 47.8 cm³/mol. The summed E-state index contributed by atoms with van der Waals surface area (Å²) >= 11 is 0. The van der Waals surface area contributed by atoms with E-state index in [0.29, 0.717) is 0 Å². The van der Waals surface area contributed by atoms with E-state index in [0.717, 1.165) is 19.2 Å². The van der Waals surface area contributed by atoms with Crippen molar-refractivity contribution in [3.8, 4) is 6.07 Å². The number of esters is 1. The van der Waals surface area contributed by atoms with Crippen molar-refractivity contribution in [2.75, 3.05) is 7.11 Å². The summed E-state index contributed by atoms with van der Waals surface area (Å²) in [4.78, 5) is 21.5. The quantitative estimate of drug-likeness (QED) is 0.541. The van der Waals surface area contributed by atoms with Crippen LogP contribution in [0.15, 0.2) is 12.1 Å². The van der Waals surface area contributed by atoms with Crippen molar-refractivity contribution in [1.29, 1.82) is 5.26 Å². The van der Waals surface area contributed by atoms with Gasteiger partial charge in [0.1, 0.15) is 11.9 Å². The van der Waals surface area contributed by atoms with E-state index in [2.05, 4.69) is 4.74 Å². The molecule has 1 rings (SSSR count). The summed E-state index contributed by atoms with van der Waals surface area (Å²) in [6.45, 7) is 0. The molecule has 0 heterocycles. The summed E-state index contributed by atoms with van der Waals surface area (Å²) < 4.78 is 17.5. The van der Waals surface area contributed by atoms with Gasteiger partial charge in [-0.3, -0.25) is 4.79 Å². The summed E-state index contributed by atoms with van der Waals surface area (Å²) in [6, 6.07) is 3.51. The molecule has 0 aromatic heterocycles. The number of hydrogen-bond acceptors (Lipinski definition) is 4. The zero-order chi connectivity index (χ0) is 11.4. The van der Waals surface area contributed by atoms with E-state index in [4.69, 9.17) is 5.26 Å². The molecule has 0 saturated carbocycles. The molecule has 76 valence electrons. The summed E-state index contributed by atoms with van der Waals surface area (Å²) in [5, 5.41) is 8.68. The molecule has 0 unspecified atom stereocenters. The fourth-order valence-electron chi connectivity index (χ4n) is 1.05. The molecule has 0 aliphatic rings. The first kappa shape index (κ1) is 10.9. The Balaban J connectivity index is 3.41. The Kier molecular flexibility index (Phi) is 3.13. The highest BCUT2D eigenvalue weighted by Gasteiger charge is 2.15. The monoisotopic (exact) mass is 207 g/mol. The Labute approximate surface area is 84.9 Å². The SMILES string of the molecule is COC(=O)c1cc(F)c(C=O)cc1C#N. The number of nitrogens with zero attached hydrogens (tertiary/aromatic N) is 1. The molecular formula is C10H6FNO3. The number of rotatable bonds is 2. The van der Waals surface area contributed by atoms with Crippen molar-refractivity contribution < 1.29 is 18.7 Å². The second-order valence-corrected chi connectivity index (χ2v) is 2.64. The fraction of sp³-hybridized carbons (Fsp3) is 0.100. The lowest BCUT2D eigenvalue weighted by Gasteiger charge is -2.03. The van der Waals surface area contributed by atoms with Gasteiger partial charge in [0.05, 0.1) is 23.8 Å². The molecule has 0 atom stereocenters. The zero-order valence-electron chi connectivity index (χ0n) is 7.78. The zero-order valence-corrected chi connectivity index (χ0v) is 7.78. The van der Waals surface area contributed by atoms with Gasteiger partial charge < -0.3 is 4.74 Å². The van der Waals surface area contributed by atoms with Crippen LogP contribution in [0, 0.1) is 17.1 Å². The first-order valence-corrected chi connectivity index (χ1v) is 3.91. The molecule has 0 bridgehead atoms. The summed E-state index contributed by atoms with van der Waals surface area (Å²) in [6.07, 6.45) is 0.275. The average Bonchev–Trinajstić information content (AvgIpc) is 2.27. The molecule has 15 heavy (non-hydrogen) atoms. The highest BCUT2D eigenvalue weighted by atomic mass is 19.1. The van der Waals surface area contributed by atoms with Gasteiger partial charge >= 0.3 is 5.97 Å². The van der Waals surface area contributed by atoms with Gasteiger partial charge in [0, 0.05) is 0 Å². The standard InChI is InChI=1S/C10H6FNO3/c1-15-10(14)8-3-9(11)7(5-13)2-6(8)4-12/h2-3,5H,1H3. The first-order chi connectivity index (χ1) is 7.13. The number of benzene rings is 1. The molecule has 0 aliphatic heterocycles. The Hall–Kier alpha value is -2.22. The Bertz CT molecular complexity index is 462. The van der Waals surface area contributed by atoms with Crippen molar-refractivity contribution in [2.45, 2.75) is 0 Å². The third-order valence-corrected chi connectivity index (χ3v) is 1.79. The molecule has 0 spiro atoms. The van der Waals surface area contributed by atoms with Crippen LogP contribution in [0.1, 0.15) is 26.3 Å². The molecule has 0 fully saturated rings. The maximum Gasteiger partial charge on any atom is 0.339 e. The molecule has 0 aliphatic carbocycles. The first-order valence-electron chi connectivity index (χ1n) is 3.91. The maximum absolute atomic E-state index is 13.1. The normalized spacial score (nSPS) is 9.13. The minimum atomic E-state index is -0.857. The number of nitriles is 1. The fourth-order valence-corrected chi connectivity index (χ4v) is 1.05. The van der Waals surface area contributed by atoms with Crippen LogP contribution >= 0.6 is 0 Å². The van der Waals surface area contributed by atoms with E-state index in [-0.39, 0.29) is 23.0 Å². The van der Waals surface area contributed by atoms with E-state index in [9.17, 15) is 14.0 Å². The van der Waals surface area contributed by atoms with Crippen LogP contribution in [0.4, 0.5) is 4.39 Å². The van der Waals surface area contributed by atoms with E-state index < -0.39 is 11.8 Å². The molecule has 0 saturated heterocycles. The van der Waals surface area contributed by atoms with Crippen LogP contribution in [-0.2, 0) is 4.74 Å². The minimum absolute atomic E-state index is 0.0923. The molecule has 0 amide bonds. The number of methoxy groups -OCH3 is 1. The van der Waals surface area contributed by atoms with E-state index in [1.165, 1.54) is 0 Å². The van der Waals surface area contributed by atoms with Gasteiger partial charge in [-0.05, 0) is 12.1 Å². The summed E-state index contributed by atoms with van der Waals surface area (Å²) in [5.74, 6) is -1.67. The molecule has 0 radical (unpaired) electrons. The van der Waals surface area contributed by atoms with Crippen LogP contribution < -0.4 is 0 Å². The average molecular weight is 207 g/mol. The van der Waals surface area contributed by atoms with Crippen LogP contribution in [-0.4, -0.2) is 19.4 Å². The lowest BCUT2D eigenvalue weighted by atomic mass is 10.0. The van der Waals surface area contributed by atoms with Gasteiger partial charge in [0.15, 0.2) is 6.29 Å². The minimum Gasteiger partial charge on any atom is -0.465 e. The topological polar surface area (TPSA) is 67.2 Å². The van der Waals surface area contributed by atoms with Gasteiger partial charge in [-0.1, -0.05) is 0 Å². The Morgan fingerprint density at radius 3 is 2.73 bits per heavy atom. The van der Waals surface area contributed by atoms with Gasteiger partial charge in [-0.2, -0.15) is 5.26 Å². The Morgan fingerprint density at radius 2 is 2.27 bits per heavy atom. The smallest absolute Gasteiger partial charge is 0.339 e. The molecule has 5 heteroatoms. The molecule has 1 aromatic rings. The number of hydrogen-bond donors (Lipinski definition) is 0. The highest BCUT2D eigenvalue weighted by Crippen LogP contribution is 2.15. The van der Waals surface area contributed by atoms with Crippen LogP contribution in [0.5, 0.6) is 0 Å². The van der Waals surface area contributed by atoms with Crippen molar-refractivity contribution in [1.82, 2.24) is 0 Å². The molecular weight excluding hydrogens is 201 g/mol. The van der Waals surface area contributed by atoms with Crippen molar-refractivity contribution in [2.24, 2.45) is 0 Å². The van der Waals surface area contributed by atoms with Crippen molar-refractivity contribution >= 4 is 12.3 Å². The van der Waals surface area contributed by atoms with Gasteiger partial charge in [-0.25, -0.2) is 9.18 Å². The number of carbonyl (C=O) groups excluding carboxylic acids is 2. The number of aldehydes is 1. The largest absolute Gasteiger partial charge is 0.465 e. The third kappa shape index (κ3) is 1.99. The number of carbonyl (C=O) groups is 2. The number of ether oxygens (including phenoxy) is 1. The van der Waals surface area contributed by atoms with Crippen molar-refractivity contribution in [3.63, 3.8) is 0 Å². The van der Waals surface area contributed by atoms with Crippen molar-refractivity contribution in [3.05, 3.63) is 34.6 Å². The Morgan fingerprint density at radius 1 is 1.60 bits per heavy atom. The highest BCUT2D eigenvalue weighted by molar-refractivity contribution is 5.93. The summed E-state index contributed by atoms with van der Waals surface area (Å²) in [7, 11) is 1.12. The van der Waals surface area contributed by atoms with Gasteiger partial charge in [-0.15, -0.1) is 0 Å². The van der Waals surface area contributed by atoms with Crippen LogP contribution in [0.3, 0.4) is 0 Å². The van der Waals surface area contributed by atoms with Gasteiger partial charge in [0.25, 0.3) is 0 Å².